The summed E-state index contributed by atoms with van der Waals surface area (Å²) in [5.41, 5.74) is 3.79. The summed E-state index contributed by atoms with van der Waals surface area (Å²) in [5, 5.41) is 14.4. The predicted octanol–water partition coefficient (Wildman–Crippen LogP) is 3.58. The van der Waals surface area contributed by atoms with Crippen molar-refractivity contribution in [3.63, 3.8) is 0 Å². The van der Waals surface area contributed by atoms with Crippen LogP contribution in [0.25, 0.3) is 5.69 Å². The molecule has 1 aromatic carbocycles. The second-order valence-corrected chi connectivity index (χ2v) is 8.87. The first-order chi connectivity index (χ1) is 15.8. The molecule has 170 valence electrons. The van der Waals surface area contributed by atoms with E-state index in [9.17, 15) is 14.7 Å². The van der Waals surface area contributed by atoms with Crippen LogP contribution in [-0.4, -0.2) is 63.0 Å². The monoisotopic (exact) mass is 466 g/mol. The number of aryl methyl sites for hydroxylation is 1. The standard InChI is InChI=1S/C23H23ClN6O3/c1-14-9-19(10-25-21(14)28-8-7-18(13-28)27(2)23(32)33)29-11-15-12-30(26-20(15)22(29)31)17-5-3-16(24)4-6-17/h3-6,9-10,12,18H,7-8,11,13H2,1-2H3,(H,32,33). The number of aromatic nitrogens is 3. The molecule has 3 aromatic rings. The number of likely N-dealkylation sites (N-methyl/N-ethyl adjacent to an activating group) is 1. The number of benzene rings is 1. The van der Waals surface area contributed by atoms with Gasteiger partial charge in [0.2, 0.25) is 0 Å². The van der Waals surface area contributed by atoms with E-state index in [2.05, 4.69) is 15.0 Å². The molecule has 10 heteroatoms. The molecule has 0 radical (unpaired) electrons. The van der Waals surface area contributed by atoms with Crippen molar-refractivity contribution >= 4 is 35.1 Å². The third-order valence-corrected chi connectivity index (χ3v) is 6.57. The van der Waals surface area contributed by atoms with E-state index in [0.29, 0.717) is 23.8 Å². The van der Waals surface area contributed by atoms with Gasteiger partial charge in [0.25, 0.3) is 5.91 Å². The number of fused-ring (bicyclic) bond motifs is 1. The Morgan fingerprint density at radius 3 is 2.67 bits per heavy atom. The van der Waals surface area contributed by atoms with Gasteiger partial charge in [-0.1, -0.05) is 11.6 Å². The number of halogens is 1. The highest BCUT2D eigenvalue weighted by Crippen LogP contribution is 2.31. The van der Waals surface area contributed by atoms with Crippen LogP contribution in [0.1, 0.15) is 28.0 Å². The van der Waals surface area contributed by atoms with Crippen molar-refractivity contribution in [3.05, 3.63) is 64.6 Å². The second kappa shape index (κ2) is 8.08. The molecule has 1 fully saturated rings. The van der Waals surface area contributed by atoms with Crippen molar-refractivity contribution in [2.24, 2.45) is 0 Å². The average Bonchev–Trinajstić information content (AvgIpc) is 3.50. The van der Waals surface area contributed by atoms with E-state index in [1.807, 2.05) is 31.3 Å². The van der Waals surface area contributed by atoms with Crippen LogP contribution in [0.2, 0.25) is 5.02 Å². The summed E-state index contributed by atoms with van der Waals surface area (Å²) < 4.78 is 1.70. The van der Waals surface area contributed by atoms with Gasteiger partial charge in [-0.05, 0) is 49.2 Å². The molecule has 4 heterocycles. The number of anilines is 2. The minimum Gasteiger partial charge on any atom is -0.465 e. The molecule has 2 amide bonds. The summed E-state index contributed by atoms with van der Waals surface area (Å²) in [6.07, 6.45) is 3.41. The molecule has 1 unspecified atom stereocenters. The Balaban J connectivity index is 1.32. The Kier molecular flexibility index (Phi) is 5.20. The normalized spacial score (nSPS) is 17.5. The van der Waals surface area contributed by atoms with Gasteiger partial charge in [0.1, 0.15) is 5.82 Å². The van der Waals surface area contributed by atoms with Crippen LogP contribution in [-0.2, 0) is 6.54 Å². The van der Waals surface area contributed by atoms with Crippen molar-refractivity contribution in [1.82, 2.24) is 19.7 Å². The highest BCUT2D eigenvalue weighted by molar-refractivity contribution is 6.30. The summed E-state index contributed by atoms with van der Waals surface area (Å²) in [6, 6.07) is 9.18. The third kappa shape index (κ3) is 3.78. The van der Waals surface area contributed by atoms with E-state index in [4.69, 9.17) is 11.6 Å². The maximum absolute atomic E-state index is 13.1. The lowest BCUT2D eigenvalue weighted by atomic mass is 10.2. The zero-order chi connectivity index (χ0) is 23.3. The number of nitrogens with zero attached hydrogens (tertiary/aromatic N) is 6. The number of hydrogen-bond acceptors (Lipinski definition) is 5. The Morgan fingerprint density at radius 2 is 2.00 bits per heavy atom. The zero-order valence-electron chi connectivity index (χ0n) is 18.3. The fraction of sp³-hybridized carbons (Fsp3) is 0.304. The van der Waals surface area contributed by atoms with Crippen LogP contribution in [0.5, 0.6) is 0 Å². The van der Waals surface area contributed by atoms with Gasteiger partial charge < -0.3 is 19.8 Å². The van der Waals surface area contributed by atoms with E-state index < -0.39 is 6.09 Å². The van der Waals surface area contributed by atoms with E-state index >= 15 is 0 Å². The molecule has 9 nitrogen and oxygen atoms in total. The number of rotatable bonds is 4. The largest absolute Gasteiger partial charge is 0.465 e. The maximum atomic E-state index is 13.1. The smallest absolute Gasteiger partial charge is 0.407 e. The fourth-order valence-electron chi connectivity index (χ4n) is 4.45. The molecule has 0 spiro atoms. The van der Waals surface area contributed by atoms with E-state index in [1.165, 1.54) is 4.90 Å². The lowest BCUT2D eigenvalue weighted by Gasteiger charge is -2.24. The first-order valence-electron chi connectivity index (χ1n) is 10.7. The highest BCUT2D eigenvalue weighted by atomic mass is 35.5. The highest BCUT2D eigenvalue weighted by Gasteiger charge is 2.34. The first-order valence-corrected chi connectivity index (χ1v) is 11.0. The number of carboxylic acid groups (broad SMARTS) is 1. The summed E-state index contributed by atoms with van der Waals surface area (Å²) in [5.74, 6) is 0.660. The molecule has 1 N–H and O–H groups in total. The molecule has 2 aliphatic rings. The molecule has 2 aromatic heterocycles. The molecule has 2 aliphatic heterocycles. The van der Waals surface area contributed by atoms with Gasteiger partial charge in [0, 0.05) is 36.9 Å². The number of amides is 2. The van der Waals surface area contributed by atoms with Gasteiger partial charge in [-0.2, -0.15) is 5.10 Å². The average molecular weight is 467 g/mol. The SMILES string of the molecule is Cc1cc(N2Cc3cn(-c4ccc(Cl)cc4)nc3C2=O)cnc1N1CCC(N(C)C(=O)O)C1. The van der Waals surface area contributed by atoms with Crippen molar-refractivity contribution in [3.8, 4) is 5.69 Å². The molecule has 5 rings (SSSR count). The minimum absolute atomic E-state index is 0.0588. The van der Waals surface area contributed by atoms with Gasteiger partial charge in [-0.25, -0.2) is 14.5 Å². The van der Waals surface area contributed by atoms with Crippen LogP contribution < -0.4 is 9.80 Å². The van der Waals surface area contributed by atoms with Gasteiger partial charge in [0.15, 0.2) is 5.69 Å². The summed E-state index contributed by atoms with van der Waals surface area (Å²) in [6.45, 7) is 3.73. The summed E-state index contributed by atoms with van der Waals surface area (Å²) in [7, 11) is 1.60. The molecule has 0 saturated carbocycles. The minimum atomic E-state index is -0.924. The Labute approximate surface area is 195 Å². The second-order valence-electron chi connectivity index (χ2n) is 8.43. The topological polar surface area (TPSA) is 94.8 Å². The van der Waals surface area contributed by atoms with E-state index in [0.717, 1.165) is 41.3 Å². The van der Waals surface area contributed by atoms with E-state index in [-0.39, 0.29) is 11.9 Å². The van der Waals surface area contributed by atoms with Gasteiger partial charge >= 0.3 is 6.09 Å². The summed E-state index contributed by atoms with van der Waals surface area (Å²) in [4.78, 5) is 34.1. The van der Waals surface area contributed by atoms with Gasteiger partial charge in [-0.15, -0.1) is 0 Å². The fourth-order valence-corrected chi connectivity index (χ4v) is 4.57. The Bertz CT molecular complexity index is 1240. The molecule has 0 aliphatic carbocycles. The van der Waals surface area contributed by atoms with Crippen LogP contribution in [0.15, 0.2) is 42.7 Å². The quantitative estimate of drug-likeness (QED) is 0.631. The van der Waals surface area contributed by atoms with Crippen molar-refractivity contribution in [2.45, 2.75) is 25.9 Å². The molecule has 33 heavy (non-hydrogen) atoms. The number of hydrogen-bond donors (Lipinski definition) is 1. The Morgan fingerprint density at radius 1 is 1.24 bits per heavy atom. The lowest BCUT2D eigenvalue weighted by molar-refractivity contribution is 0.0991. The van der Waals surface area contributed by atoms with Gasteiger partial charge in [0.05, 0.1) is 30.2 Å². The number of carbonyl (C=O) groups excluding carboxylic acids is 1. The molecular formula is C23H23ClN6O3. The number of pyridine rings is 1. The number of carbonyl (C=O) groups is 2. The van der Waals surface area contributed by atoms with Crippen molar-refractivity contribution < 1.29 is 14.7 Å². The maximum Gasteiger partial charge on any atom is 0.407 e. The summed E-state index contributed by atoms with van der Waals surface area (Å²) >= 11 is 5.96. The predicted molar refractivity (Wildman–Crippen MR) is 124 cm³/mol. The molecular weight excluding hydrogens is 444 g/mol. The molecule has 1 atom stereocenters. The molecule has 1 saturated heterocycles. The van der Waals surface area contributed by atoms with Gasteiger partial charge in [-0.3, -0.25) is 4.79 Å². The Hall–Kier alpha value is -3.59. The van der Waals surface area contributed by atoms with Crippen LogP contribution in [0.3, 0.4) is 0 Å². The van der Waals surface area contributed by atoms with Crippen molar-refractivity contribution in [1.29, 1.82) is 0 Å². The lowest BCUT2D eigenvalue weighted by Crippen LogP contribution is -2.38. The van der Waals surface area contributed by atoms with Crippen molar-refractivity contribution in [2.75, 3.05) is 29.9 Å². The van der Waals surface area contributed by atoms with E-state index in [1.54, 1.807) is 35.0 Å². The zero-order valence-corrected chi connectivity index (χ0v) is 19.0. The van der Waals surface area contributed by atoms with Crippen LogP contribution >= 0.6 is 11.6 Å². The van der Waals surface area contributed by atoms with Crippen LogP contribution in [0.4, 0.5) is 16.3 Å². The molecule has 0 bridgehead atoms. The van der Waals surface area contributed by atoms with Crippen LogP contribution in [0, 0.1) is 6.92 Å². The third-order valence-electron chi connectivity index (χ3n) is 6.32. The first kappa shape index (κ1) is 21.3.